The van der Waals surface area contributed by atoms with Gasteiger partial charge in [-0.2, -0.15) is 11.8 Å². The number of thioether (sulfide) groups is 1. The fraction of sp³-hybridized carbons (Fsp3) is 0.500. The second kappa shape index (κ2) is 4.85. The van der Waals surface area contributed by atoms with Gasteiger partial charge in [-0.3, -0.25) is 0 Å². The molecule has 14 heavy (non-hydrogen) atoms. The van der Waals surface area contributed by atoms with Crippen molar-refractivity contribution in [2.45, 2.75) is 24.3 Å². The van der Waals surface area contributed by atoms with Gasteiger partial charge in [0.05, 0.1) is 0 Å². The molecule has 1 nitrogen and oxygen atoms in total. The first-order valence-electron chi connectivity index (χ1n) is 5.22. The van der Waals surface area contributed by atoms with Crippen molar-refractivity contribution >= 4 is 11.8 Å². The molecular weight excluding hydrogens is 190 g/mol. The molecule has 1 fully saturated rings. The molecule has 0 spiro atoms. The van der Waals surface area contributed by atoms with E-state index in [1.54, 1.807) is 0 Å². The summed E-state index contributed by atoms with van der Waals surface area (Å²) in [6, 6.07) is 8.82. The summed E-state index contributed by atoms with van der Waals surface area (Å²) in [4.78, 5) is 0. The van der Waals surface area contributed by atoms with Crippen molar-refractivity contribution in [2.24, 2.45) is 0 Å². The molecule has 0 aromatic heterocycles. The normalized spacial score (nSPS) is 21.4. The van der Waals surface area contributed by atoms with Crippen LogP contribution in [-0.2, 0) is 5.75 Å². The van der Waals surface area contributed by atoms with Crippen molar-refractivity contribution < 1.29 is 0 Å². The minimum absolute atomic E-state index is 0.829. The molecule has 1 heterocycles. The van der Waals surface area contributed by atoms with Crippen LogP contribution < -0.4 is 5.32 Å². The molecule has 76 valence electrons. The van der Waals surface area contributed by atoms with Crippen molar-refractivity contribution in [1.29, 1.82) is 0 Å². The summed E-state index contributed by atoms with van der Waals surface area (Å²) in [5, 5.41) is 4.23. The molecule has 0 amide bonds. The predicted octanol–water partition coefficient (Wildman–Crippen LogP) is 2.59. The molecule has 2 heteroatoms. The molecule has 0 bridgehead atoms. The first-order valence-corrected chi connectivity index (χ1v) is 6.27. The monoisotopic (exact) mass is 207 g/mol. The Balaban J connectivity index is 1.85. The number of aryl methyl sites for hydroxylation is 1. The van der Waals surface area contributed by atoms with E-state index in [-0.39, 0.29) is 0 Å². The van der Waals surface area contributed by atoms with Gasteiger partial charge >= 0.3 is 0 Å². The molecule has 0 aliphatic carbocycles. The maximum Gasteiger partial charge on any atom is 0.0187 e. The maximum atomic E-state index is 3.40. The van der Waals surface area contributed by atoms with E-state index in [4.69, 9.17) is 0 Å². The fourth-order valence-electron chi connectivity index (χ4n) is 1.79. The van der Waals surface area contributed by atoms with Gasteiger partial charge in [0.1, 0.15) is 0 Å². The lowest BCUT2D eigenvalue weighted by Crippen LogP contribution is -2.10. The molecule has 1 unspecified atom stereocenters. The highest BCUT2D eigenvalue weighted by molar-refractivity contribution is 7.99. The first-order chi connectivity index (χ1) is 6.84. The molecule has 1 aromatic rings. The Morgan fingerprint density at radius 1 is 1.50 bits per heavy atom. The Kier molecular flexibility index (Phi) is 3.49. The lowest BCUT2D eigenvalue weighted by Gasteiger charge is -2.08. The van der Waals surface area contributed by atoms with Crippen LogP contribution in [0, 0.1) is 6.92 Å². The highest BCUT2D eigenvalue weighted by Crippen LogP contribution is 2.22. The Labute approximate surface area is 90.3 Å². The van der Waals surface area contributed by atoms with Crippen molar-refractivity contribution in [2.75, 3.05) is 13.1 Å². The zero-order chi connectivity index (χ0) is 9.80. The highest BCUT2D eigenvalue weighted by Gasteiger charge is 2.14. The maximum absolute atomic E-state index is 3.40. The smallest absolute Gasteiger partial charge is 0.0187 e. The Bertz CT molecular complexity index is 292. The molecule has 1 aliphatic heterocycles. The second-order valence-electron chi connectivity index (χ2n) is 3.91. The zero-order valence-corrected chi connectivity index (χ0v) is 9.44. The average Bonchev–Trinajstić information content (AvgIpc) is 2.67. The zero-order valence-electron chi connectivity index (χ0n) is 8.62. The van der Waals surface area contributed by atoms with Crippen LogP contribution in [0.5, 0.6) is 0 Å². The molecule has 1 aliphatic rings. The van der Waals surface area contributed by atoms with Gasteiger partial charge in [-0.1, -0.05) is 29.8 Å². The van der Waals surface area contributed by atoms with Crippen LogP contribution in [0.25, 0.3) is 0 Å². The number of nitrogens with one attached hydrogen (secondary N) is 1. The van der Waals surface area contributed by atoms with E-state index in [0.29, 0.717) is 0 Å². The third kappa shape index (κ3) is 2.76. The van der Waals surface area contributed by atoms with E-state index in [9.17, 15) is 0 Å². The second-order valence-corrected chi connectivity index (χ2v) is 5.20. The van der Waals surface area contributed by atoms with Crippen LogP contribution in [0.3, 0.4) is 0 Å². The summed E-state index contributed by atoms with van der Waals surface area (Å²) in [5.41, 5.74) is 2.83. The van der Waals surface area contributed by atoms with Crippen LogP contribution in [-0.4, -0.2) is 18.3 Å². The lowest BCUT2D eigenvalue weighted by atomic mass is 10.2. The molecule has 0 saturated carbocycles. The largest absolute Gasteiger partial charge is 0.316 e. The van der Waals surface area contributed by atoms with Gasteiger partial charge in [-0.25, -0.2) is 0 Å². The molecule has 1 saturated heterocycles. The Morgan fingerprint density at radius 2 is 2.43 bits per heavy atom. The quantitative estimate of drug-likeness (QED) is 0.817. The van der Waals surface area contributed by atoms with Crippen molar-refractivity contribution in [3.63, 3.8) is 0 Å². The van der Waals surface area contributed by atoms with E-state index in [0.717, 1.165) is 11.0 Å². The van der Waals surface area contributed by atoms with Crippen molar-refractivity contribution in [3.8, 4) is 0 Å². The summed E-state index contributed by atoms with van der Waals surface area (Å²) in [6.07, 6.45) is 1.33. The van der Waals surface area contributed by atoms with Crippen LogP contribution >= 0.6 is 11.8 Å². The van der Waals surface area contributed by atoms with E-state index < -0.39 is 0 Å². The summed E-state index contributed by atoms with van der Waals surface area (Å²) >= 11 is 2.08. The lowest BCUT2D eigenvalue weighted by molar-refractivity contribution is 0.858. The van der Waals surface area contributed by atoms with Crippen LogP contribution in [0.15, 0.2) is 24.3 Å². The van der Waals surface area contributed by atoms with Crippen LogP contribution in [0.4, 0.5) is 0 Å². The minimum atomic E-state index is 0.829. The van der Waals surface area contributed by atoms with Crippen molar-refractivity contribution in [1.82, 2.24) is 5.32 Å². The summed E-state index contributed by atoms with van der Waals surface area (Å²) in [7, 11) is 0. The fourth-order valence-corrected chi connectivity index (χ4v) is 2.91. The van der Waals surface area contributed by atoms with Gasteiger partial charge in [0.2, 0.25) is 0 Å². The van der Waals surface area contributed by atoms with E-state index in [1.165, 1.54) is 30.6 Å². The molecule has 1 aromatic carbocycles. The summed E-state index contributed by atoms with van der Waals surface area (Å²) in [6.45, 7) is 4.55. The highest BCUT2D eigenvalue weighted by atomic mass is 32.2. The minimum Gasteiger partial charge on any atom is -0.316 e. The Hall–Kier alpha value is -0.470. The summed E-state index contributed by atoms with van der Waals surface area (Å²) in [5.74, 6) is 1.16. The van der Waals surface area contributed by atoms with E-state index in [1.807, 2.05) is 0 Å². The van der Waals surface area contributed by atoms with Crippen molar-refractivity contribution in [3.05, 3.63) is 35.4 Å². The number of hydrogen-bond donors (Lipinski definition) is 1. The molecule has 0 radical (unpaired) electrons. The molecule has 1 N–H and O–H groups in total. The molecular formula is C12H17NS. The number of rotatable bonds is 3. The summed E-state index contributed by atoms with van der Waals surface area (Å²) < 4.78 is 0. The van der Waals surface area contributed by atoms with Gasteiger partial charge in [0, 0.05) is 17.5 Å². The topological polar surface area (TPSA) is 12.0 Å². The van der Waals surface area contributed by atoms with Gasteiger partial charge in [0.15, 0.2) is 0 Å². The molecule has 1 atom stereocenters. The predicted molar refractivity (Wildman–Crippen MR) is 63.7 cm³/mol. The third-order valence-electron chi connectivity index (χ3n) is 2.58. The third-order valence-corrected chi connectivity index (χ3v) is 3.96. The van der Waals surface area contributed by atoms with Gasteiger partial charge in [-0.05, 0) is 25.5 Å². The van der Waals surface area contributed by atoms with Gasteiger partial charge < -0.3 is 5.32 Å². The van der Waals surface area contributed by atoms with E-state index >= 15 is 0 Å². The first kappa shape index (κ1) is 10.1. The average molecular weight is 207 g/mol. The number of benzene rings is 1. The standard InChI is InChI=1S/C12H17NS/c1-10-3-2-4-11(7-10)9-14-12-5-6-13-8-12/h2-4,7,12-13H,5-6,8-9H2,1H3. The van der Waals surface area contributed by atoms with Crippen LogP contribution in [0.1, 0.15) is 17.5 Å². The van der Waals surface area contributed by atoms with Crippen LogP contribution in [0.2, 0.25) is 0 Å². The van der Waals surface area contributed by atoms with E-state index in [2.05, 4.69) is 48.3 Å². The van der Waals surface area contributed by atoms with Gasteiger partial charge in [0.25, 0.3) is 0 Å². The molecule has 2 rings (SSSR count). The SMILES string of the molecule is Cc1cccc(CSC2CCNC2)c1. The van der Waals surface area contributed by atoms with Gasteiger partial charge in [-0.15, -0.1) is 0 Å². The number of hydrogen-bond acceptors (Lipinski definition) is 2. The Morgan fingerprint density at radius 3 is 3.14 bits per heavy atom.